The summed E-state index contributed by atoms with van der Waals surface area (Å²) in [6.07, 6.45) is 3.57. The van der Waals surface area contributed by atoms with Crippen LogP contribution in [0, 0.1) is 11.8 Å². The van der Waals surface area contributed by atoms with Crippen LogP contribution in [0.2, 0.25) is 0 Å². The van der Waals surface area contributed by atoms with Crippen LogP contribution in [0.4, 0.5) is 0 Å². The fourth-order valence-corrected chi connectivity index (χ4v) is 2.81. The van der Waals surface area contributed by atoms with E-state index in [0.29, 0.717) is 25.3 Å². The standard InChI is InChI=1S/C10H21NO3S/c1-9(10-4-5-10)8-11-15(13,14)7-3-2-6-12/h9-12H,2-8H2,1H3. The van der Waals surface area contributed by atoms with Gasteiger partial charge in [-0.05, 0) is 37.5 Å². The molecule has 15 heavy (non-hydrogen) atoms. The van der Waals surface area contributed by atoms with Gasteiger partial charge in [-0.3, -0.25) is 0 Å². The van der Waals surface area contributed by atoms with Crippen LogP contribution in [-0.4, -0.2) is 32.4 Å². The Kier molecular flexibility index (Phi) is 5.02. The summed E-state index contributed by atoms with van der Waals surface area (Å²) < 4.78 is 25.5. The fourth-order valence-electron chi connectivity index (χ4n) is 1.57. The molecular formula is C10H21NO3S. The predicted octanol–water partition coefficient (Wildman–Crippen LogP) is 0.724. The molecule has 0 aromatic rings. The molecule has 1 aliphatic rings. The number of hydrogen-bond donors (Lipinski definition) is 2. The molecule has 1 atom stereocenters. The number of hydrogen-bond acceptors (Lipinski definition) is 3. The Morgan fingerprint density at radius 3 is 2.60 bits per heavy atom. The van der Waals surface area contributed by atoms with Crippen molar-refractivity contribution in [2.45, 2.75) is 32.6 Å². The Hall–Kier alpha value is -0.130. The number of sulfonamides is 1. The van der Waals surface area contributed by atoms with Crippen molar-refractivity contribution in [1.82, 2.24) is 4.72 Å². The van der Waals surface area contributed by atoms with Crippen LogP contribution in [0.1, 0.15) is 32.6 Å². The molecule has 2 N–H and O–H groups in total. The highest BCUT2D eigenvalue weighted by molar-refractivity contribution is 7.89. The van der Waals surface area contributed by atoms with Gasteiger partial charge in [0.1, 0.15) is 0 Å². The molecule has 1 saturated carbocycles. The van der Waals surface area contributed by atoms with Crippen LogP contribution < -0.4 is 4.72 Å². The zero-order chi connectivity index (χ0) is 11.3. The number of aliphatic hydroxyl groups is 1. The molecule has 1 rings (SSSR count). The lowest BCUT2D eigenvalue weighted by Gasteiger charge is -2.11. The molecule has 0 saturated heterocycles. The van der Waals surface area contributed by atoms with Gasteiger partial charge in [0.2, 0.25) is 10.0 Å². The van der Waals surface area contributed by atoms with E-state index in [4.69, 9.17) is 5.11 Å². The summed E-state index contributed by atoms with van der Waals surface area (Å²) in [7, 11) is -3.12. The summed E-state index contributed by atoms with van der Waals surface area (Å²) in [5.41, 5.74) is 0. The van der Waals surface area contributed by atoms with E-state index in [-0.39, 0.29) is 12.4 Å². The minimum atomic E-state index is -3.12. The molecule has 90 valence electrons. The second kappa shape index (κ2) is 5.82. The molecule has 0 spiro atoms. The summed E-state index contributed by atoms with van der Waals surface area (Å²) in [5.74, 6) is 1.31. The van der Waals surface area contributed by atoms with Gasteiger partial charge in [0.05, 0.1) is 5.75 Å². The van der Waals surface area contributed by atoms with E-state index in [1.54, 1.807) is 0 Å². The molecule has 0 radical (unpaired) electrons. The molecule has 4 nitrogen and oxygen atoms in total. The average molecular weight is 235 g/mol. The quantitative estimate of drug-likeness (QED) is 0.609. The number of aliphatic hydroxyl groups excluding tert-OH is 1. The first-order valence-corrected chi connectivity index (χ1v) is 7.28. The highest BCUT2D eigenvalue weighted by Gasteiger charge is 2.28. The lowest BCUT2D eigenvalue weighted by atomic mass is 10.1. The first kappa shape index (κ1) is 12.9. The van der Waals surface area contributed by atoms with Crippen LogP contribution in [0.15, 0.2) is 0 Å². The highest BCUT2D eigenvalue weighted by atomic mass is 32.2. The summed E-state index contributed by atoms with van der Waals surface area (Å²) in [6.45, 7) is 2.72. The van der Waals surface area contributed by atoms with Gasteiger partial charge in [-0.15, -0.1) is 0 Å². The Balaban J connectivity index is 2.16. The van der Waals surface area contributed by atoms with E-state index in [1.807, 2.05) is 0 Å². The third-order valence-electron chi connectivity index (χ3n) is 2.87. The maximum Gasteiger partial charge on any atom is 0.211 e. The summed E-state index contributed by atoms with van der Waals surface area (Å²) in [5, 5.41) is 8.55. The van der Waals surface area contributed by atoms with Crippen LogP contribution in [-0.2, 0) is 10.0 Å². The van der Waals surface area contributed by atoms with Crippen molar-refractivity contribution in [2.24, 2.45) is 11.8 Å². The fraction of sp³-hybridized carbons (Fsp3) is 1.00. The van der Waals surface area contributed by atoms with Gasteiger partial charge in [-0.2, -0.15) is 0 Å². The number of nitrogens with one attached hydrogen (secondary N) is 1. The minimum Gasteiger partial charge on any atom is -0.396 e. The van der Waals surface area contributed by atoms with Gasteiger partial charge < -0.3 is 5.11 Å². The minimum absolute atomic E-state index is 0.0635. The summed E-state index contributed by atoms with van der Waals surface area (Å²) in [4.78, 5) is 0. The molecule has 0 bridgehead atoms. The third-order valence-corrected chi connectivity index (χ3v) is 4.31. The van der Waals surface area contributed by atoms with Crippen molar-refractivity contribution < 1.29 is 13.5 Å². The van der Waals surface area contributed by atoms with E-state index < -0.39 is 10.0 Å². The molecule has 0 aliphatic heterocycles. The van der Waals surface area contributed by atoms with E-state index in [2.05, 4.69) is 11.6 Å². The maximum absolute atomic E-state index is 11.5. The Bertz CT molecular complexity index is 272. The van der Waals surface area contributed by atoms with Gasteiger partial charge in [-0.25, -0.2) is 13.1 Å². The van der Waals surface area contributed by atoms with E-state index in [0.717, 1.165) is 5.92 Å². The zero-order valence-corrected chi connectivity index (χ0v) is 10.1. The molecule has 1 unspecified atom stereocenters. The van der Waals surface area contributed by atoms with Gasteiger partial charge in [0.25, 0.3) is 0 Å². The lowest BCUT2D eigenvalue weighted by Crippen LogP contribution is -2.31. The lowest BCUT2D eigenvalue weighted by molar-refractivity contribution is 0.287. The highest BCUT2D eigenvalue weighted by Crippen LogP contribution is 2.36. The van der Waals surface area contributed by atoms with E-state index in [9.17, 15) is 8.42 Å². The number of unbranched alkanes of at least 4 members (excludes halogenated alkanes) is 1. The summed E-state index contributed by atoms with van der Waals surface area (Å²) in [6, 6.07) is 0. The Morgan fingerprint density at radius 2 is 2.07 bits per heavy atom. The molecule has 1 aliphatic carbocycles. The van der Waals surface area contributed by atoms with E-state index in [1.165, 1.54) is 12.8 Å². The number of rotatable bonds is 8. The van der Waals surface area contributed by atoms with Crippen molar-refractivity contribution >= 4 is 10.0 Å². The largest absolute Gasteiger partial charge is 0.396 e. The molecular weight excluding hydrogens is 214 g/mol. The summed E-state index contributed by atoms with van der Waals surface area (Å²) >= 11 is 0. The van der Waals surface area contributed by atoms with Crippen molar-refractivity contribution in [3.8, 4) is 0 Å². The maximum atomic E-state index is 11.5. The average Bonchev–Trinajstić information content (AvgIpc) is 2.98. The zero-order valence-electron chi connectivity index (χ0n) is 9.28. The SMILES string of the molecule is CC(CNS(=O)(=O)CCCCO)C1CC1. The topological polar surface area (TPSA) is 66.4 Å². The van der Waals surface area contributed by atoms with Crippen LogP contribution >= 0.6 is 0 Å². The molecule has 1 fully saturated rings. The second-order valence-electron chi connectivity index (χ2n) is 4.41. The predicted molar refractivity (Wildman–Crippen MR) is 60.0 cm³/mol. The molecule has 0 heterocycles. The van der Waals surface area contributed by atoms with Crippen molar-refractivity contribution in [3.05, 3.63) is 0 Å². The molecule has 0 amide bonds. The smallest absolute Gasteiger partial charge is 0.211 e. The van der Waals surface area contributed by atoms with Gasteiger partial charge in [0.15, 0.2) is 0 Å². The van der Waals surface area contributed by atoms with Crippen molar-refractivity contribution in [1.29, 1.82) is 0 Å². The van der Waals surface area contributed by atoms with Crippen LogP contribution in [0.5, 0.6) is 0 Å². The van der Waals surface area contributed by atoms with Gasteiger partial charge >= 0.3 is 0 Å². The van der Waals surface area contributed by atoms with Gasteiger partial charge in [0, 0.05) is 13.2 Å². The Labute approximate surface area is 92.1 Å². The first-order chi connectivity index (χ1) is 7.05. The molecule has 0 aromatic heterocycles. The first-order valence-electron chi connectivity index (χ1n) is 5.63. The van der Waals surface area contributed by atoms with Crippen LogP contribution in [0.3, 0.4) is 0 Å². The third kappa shape index (κ3) is 5.49. The Morgan fingerprint density at radius 1 is 1.40 bits per heavy atom. The normalized spacial score (nSPS) is 19.1. The molecule has 0 aromatic carbocycles. The van der Waals surface area contributed by atoms with Crippen molar-refractivity contribution in [3.63, 3.8) is 0 Å². The van der Waals surface area contributed by atoms with Crippen molar-refractivity contribution in [2.75, 3.05) is 18.9 Å². The van der Waals surface area contributed by atoms with Gasteiger partial charge in [-0.1, -0.05) is 6.92 Å². The molecule has 5 heteroatoms. The van der Waals surface area contributed by atoms with E-state index >= 15 is 0 Å². The van der Waals surface area contributed by atoms with Crippen LogP contribution in [0.25, 0.3) is 0 Å². The second-order valence-corrected chi connectivity index (χ2v) is 6.34. The monoisotopic (exact) mass is 235 g/mol.